The number of nitrogens with one attached hydrogen (secondary N) is 3. The van der Waals surface area contributed by atoms with Gasteiger partial charge in [-0.05, 0) is 39.0 Å². The summed E-state index contributed by atoms with van der Waals surface area (Å²) >= 11 is 12.9. The molecule has 10 heteroatoms. The maximum Gasteiger partial charge on any atom is 0.225 e. The summed E-state index contributed by atoms with van der Waals surface area (Å²) in [6, 6.07) is 0.575. The van der Waals surface area contributed by atoms with Gasteiger partial charge in [-0.15, -0.1) is 0 Å². The van der Waals surface area contributed by atoms with Gasteiger partial charge < -0.3 is 15.0 Å². The highest BCUT2D eigenvalue weighted by Crippen LogP contribution is 2.42. The second kappa shape index (κ2) is 8.84. The minimum Gasteiger partial charge on any atom is -0.370 e. The fourth-order valence-corrected chi connectivity index (χ4v) is 6.69. The number of aryl methyl sites for hydroxylation is 1. The summed E-state index contributed by atoms with van der Waals surface area (Å²) in [6.45, 7) is 8.24. The van der Waals surface area contributed by atoms with Crippen LogP contribution in [0, 0.1) is 18.3 Å². The Morgan fingerprint density at radius 3 is 2.56 bits per heavy atom. The molecule has 2 aromatic rings. The van der Waals surface area contributed by atoms with Crippen LogP contribution in [-0.4, -0.2) is 53.3 Å². The summed E-state index contributed by atoms with van der Waals surface area (Å²) in [6.07, 6.45) is 8.55. The lowest BCUT2D eigenvalue weighted by molar-refractivity contribution is -0.0370. The van der Waals surface area contributed by atoms with Gasteiger partial charge in [-0.1, -0.05) is 23.2 Å². The molecule has 0 radical (unpaired) electrons. The highest BCUT2D eigenvalue weighted by Gasteiger charge is 2.48. The number of ether oxygens (including phenoxy) is 1. The van der Waals surface area contributed by atoms with Gasteiger partial charge in [-0.3, -0.25) is 10.4 Å². The highest BCUT2D eigenvalue weighted by molar-refractivity contribution is 6.36. The van der Waals surface area contributed by atoms with Crippen LogP contribution < -0.4 is 21.1 Å². The van der Waals surface area contributed by atoms with E-state index in [1.165, 1.54) is 0 Å². The zero-order valence-corrected chi connectivity index (χ0v) is 21.0. The van der Waals surface area contributed by atoms with E-state index >= 15 is 0 Å². The standard InChI is InChI=1S/C24H31Cl2N7O/c1-13-21(26)20(18(25)8-28-13)14(2)34-16-3-4-19-17(5-16)22(32-31-19)15-6-29-23(30-7-15)33-11-24(12-33)9-27-10-24/h6-8,14,16-17,19,22,27,31-32H,3-5,9-12H2,1-2H3/t14-,16?,17?,19?,22?/m1/s1. The third-order valence-corrected chi connectivity index (χ3v) is 8.82. The van der Waals surface area contributed by atoms with Crippen LogP contribution in [-0.2, 0) is 4.74 Å². The quantitative estimate of drug-likeness (QED) is 0.572. The van der Waals surface area contributed by atoms with Gasteiger partial charge in [0.2, 0.25) is 5.95 Å². The Bertz CT molecular complexity index is 1060. The van der Waals surface area contributed by atoms with Crippen molar-refractivity contribution in [2.24, 2.45) is 11.3 Å². The maximum absolute atomic E-state index is 6.51. The third-order valence-electron chi connectivity index (χ3n) is 8.04. The van der Waals surface area contributed by atoms with Crippen LogP contribution in [0.1, 0.15) is 55.2 Å². The fourth-order valence-electron chi connectivity index (χ4n) is 6.04. The van der Waals surface area contributed by atoms with E-state index < -0.39 is 0 Å². The number of hydrogen-bond donors (Lipinski definition) is 3. The van der Waals surface area contributed by atoms with Crippen LogP contribution in [0.25, 0.3) is 0 Å². The van der Waals surface area contributed by atoms with Crippen molar-refractivity contribution >= 4 is 29.2 Å². The first kappa shape index (κ1) is 22.9. The van der Waals surface area contributed by atoms with Crippen LogP contribution >= 0.6 is 23.2 Å². The summed E-state index contributed by atoms with van der Waals surface area (Å²) < 4.78 is 6.50. The zero-order valence-electron chi connectivity index (χ0n) is 19.5. The lowest BCUT2D eigenvalue weighted by Gasteiger charge is -2.56. The monoisotopic (exact) mass is 503 g/mol. The largest absolute Gasteiger partial charge is 0.370 e. The number of nitrogens with zero attached hydrogens (tertiary/aromatic N) is 4. The predicted molar refractivity (Wildman–Crippen MR) is 132 cm³/mol. The average molecular weight is 504 g/mol. The van der Waals surface area contributed by atoms with Gasteiger partial charge in [-0.25, -0.2) is 15.4 Å². The van der Waals surface area contributed by atoms with E-state index in [2.05, 4.69) is 26.1 Å². The van der Waals surface area contributed by atoms with E-state index in [1.54, 1.807) is 6.20 Å². The molecule has 3 saturated heterocycles. The molecule has 4 aliphatic rings. The molecule has 1 saturated carbocycles. The van der Waals surface area contributed by atoms with Gasteiger partial charge in [0.25, 0.3) is 0 Å². The lowest BCUT2D eigenvalue weighted by Crippen LogP contribution is -2.71. The summed E-state index contributed by atoms with van der Waals surface area (Å²) in [7, 11) is 0. The maximum atomic E-state index is 6.51. The van der Waals surface area contributed by atoms with Crippen LogP contribution in [0.15, 0.2) is 18.6 Å². The molecule has 2 aromatic heterocycles. The van der Waals surface area contributed by atoms with E-state index in [1.807, 2.05) is 26.2 Å². The van der Waals surface area contributed by atoms with Crippen LogP contribution in [0.2, 0.25) is 10.0 Å². The minimum atomic E-state index is -0.197. The van der Waals surface area contributed by atoms with Crippen LogP contribution in [0.4, 0.5) is 5.95 Å². The number of anilines is 1. The van der Waals surface area contributed by atoms with Gasteiger partial charge in [0.05, 0.1) is 34.0 Å². The lowest BCUT2D eigenvalue weighted by atomic mass is 9.75. The molecule has 5 heterocycles. The number of hydrazine groups is 1. The molecule has 0 amide bonds. The molecule has 8 nitrogen and oxygen atoms in total. The fraction of sp³-hybridized carbons (Fsp3) is 0.625. The van der Waals surface area contributed by atoms with Crippen LogP contribution in [0.5, 0.6) is 0 Å². The number of fused-ring (bicyclic) bond motifs is 1. The Hall–Kier alpha value is -1.55. The summed E-state index contributed by atoms with van der Waals surface area (Å²) in [5, 5.41) is 4.52. The van der Waals surface area contributed by atoms with Crippen LogP contribution in [0.3, 0.4) is 0 Å². The number of pyridine rings is 1. The first-order chi connectivity index (χ1) is 16.4. The molecular formula is C24H31Cl2N7O. The number of aromatic nitrogens is 3. The second-order valence-electron chi connectivity index (χ2n) is 10.4. The third kappa shape index (κ3) is 3.98. The van der Waals surface area contributed by atoms with Crippen molar-refractivity contribution in [1.82, 2.24) is 31.1 Å². The molecule has 1 aliphatic carbocycles. The Labute approximate surface area is 210 Å². The number of halogens is 2. The molecule has 4 unspecified atom stereocenters. The van der Waals surface area contributed by atoms with Crippen molar-refractivity contribution in [3.05, 3.63) is 45.5 Å². The second-order valence-corrected chi connectivity index (χ2v) is 11.2. The first-order valence-electron chi connectivity index (χ1n) is 12.2. The molecule has 1 spiro atoms. The van der Waals surface area contributed by atoms with Crippen molar-refractivity contribution in [3.63, 3.8) is 0 Å². The molecule has 3 aliphatic heterocycles. The minimum absolute atomic E-state index is 0.134. The summed E-state index contributed by atoms with van der Waals surface area (Å²) in [5.74, 6) is 1.24. The molecule has 6 rings (SSSR count). The van der Waals surface area contributed by atoms with E-state index in [0.717, 1.165) is 68.2 Å². The molecule has 5 atom stereocenters. The molecular weight excluding hydrogens is 473 g/mol. The van der Waals surface area contributed by atoms with Crippen molar-refractivity contribution in [2.75, 3.05) is 31.1 Å². The normalized spacial score (nSPS) is 30.5. The smallest absolute Gasteiger partial charge is 0.225 e. The average Bonchev–Trinajstić information content (AvgIpc) is 3.18. The molecule has 0 aromatic carbocycles. The van der Waals surface area contributed by atoms with Crippen molar-refractivity contribution in [2.45, 2.75) is 57.4 Å². The Morgan fingerprint density at radius 2 is 1.85 bits per heavy atom. The summed E-state index contributed by atoms with van der Waals surface area (Å²) in [5.41, 5.74) is 10.2. The van der Waals surface area contributed by atoms with E-state index in [0.29, 0.717) is 27.4 Å². The van der Waals surface area contributed by atoms with Crippen molar-refractivity contribution < 1.29 is 4.74 Å². The molecule has 34 heavy (non-hydrogen) atoms. The Morgan fingerprint density at radius 1 is 1.09 bits per heavy atom. The van der Waals surface area contributed by atoms with Gasteiger partial charge in [0.1, 0.15) is 0 Å². The Balaban J connectivity index is 1.11. The van der Waals surface area contributed by atoms with E-state index in [9.17, 15) is 0 Å². The van der Waals surface area contributed by atoms with E-state index in [4.69, 9.17) is 37.9 Å². The molecule has 0 bridgehead atoms. The van der Waals surface area contributed by atoms with E-state index in [-0.39, 0.29) is 18.2 Å². The Kier molecular flexibility index (Phi) is 5.95. The van der Waals surface area contributed by atoms with Gasteiger partial charge in [0, 0.05) is 67.4 Å². The van der Waals surface area contributed by atoms with Gasteiger partial charge in [0.15, 0.2) is 0 Å². The number of rotatable bonds is 5. The van der Waals surface area contributed by atoms with Gasteiger partial charge in [-0.2, -0.15) is 0 Å². The highest BCUT2D eigenvalue weighted by atomic mass is 35.5. The molecule has 4 fully saturated rings. The van der Waals surface area contributed by atoms with Crippen molar-refractivity contribution in [1.29, 1.82) is 0 Å². The summed E-state index contributed by atoms with van der Waals surface area (Å²) in [4.78, 5) is 15.9. The SMILES string of the molecule is Cc1ncc(Cl)c([C@@H](C)OC2CCC3NNC(c4cnc(N5CC6(CNC6)C5)nc4)C3C2)c1Cl. The van der Waals surface area contributed by atoms with Gasteiger partial charge >= 0.3 is 0 Å². The number of hydrogen-bond acceptors (Lipinski definition) is 8. The zero-order chi connectivity index (χ0) is 23.4. The molecule has 3 N–H and O–H groups in total. The predicted octanol–water partition coefficient (Wildman–Crippen LogP) is 3.36. The molecule has 182 valence electrons. The first-order valence-corrected chi connectivity index (χ1v) is 12.9. The van der Waals surface area contributed by atoms with Crippen molar-refractivity contribution in [3.8, 4) is 0 Å². The topological polar surface area (TPSA) is 87.2 Å².